The second-order valence-electron chi connectivity index (χ2n) is 6.33. The van der Waals surface area contributed by atoms with Gasteiger partial charge in [0, 0.05) is 26.2 Å². The van der Waals surface area contributed by atoms with E-state index in [1.807, 2.05) is 0 Å². The quantitative estimate of drug-likeness (QED) is 0.687. The lowest BCUT2D eigenvalue weighted by atomic mass is 10.2. The third kappa shape index (κ3) is 6.03. The molecule has 0 aromatic heterocycles. The van der Waals surface area contributed by atoms with Crippen molar-refractivity contribution in [3.8, 4) is 0 Å². The largest absolute Gasteiger partial charge is 0.379 e. The number of rotatable bonds is 8. The monoisotopic (exact) mass is 421 g/mol. The summed E-state index contributed by atoms with van der Waals surface area (Å²) in [5.74, 6) is -1.06. The fourth-order valence-corrected chi connectivity index (χ4v) is 4.34. The van der Waals surface area contributed by atoms with Gasteiger partial charge in [0.1, 0.15) is 11.9 Å². The van der Waals surface area contributed by atoms with Crippen LogP contribution in [0.2, 0.25) is 5.02 Å². The Morgan fingerprint density at radius 3 is 2.63 bits per heavy atom. The van der Waals surface area contributed by atoms with Crippen LogP contribution >= 0.6 is 11.6 Å². The van der Waals surface area contributed by atoms with Gasteiger partial charge in [-0.25, -0.2) is 12.8 Å². The normalized spacial score (nSPS) is 16.7. The topological polar surface area (TPSA) is 79.0 Å². The number of morpholine rings is 1. The van der Waals surface area contributed by atoms with Crippen molar-refractivity contribution in [2.45, 2.75) is 19.4 Å². The zero-order valence-electron chi connectivity index (χ0n) is 15.5. The molecule has 1 aromatic carbocycles. The molecule has 27 heavy (non-hydrogen) atoms. The van der Waals surface area contributed by atoms with Crippen LogP contribution in [0.4, 0.5) is 10.1 Å². The molecule has 1 amide bonds. The second kappa shape index (κ2) is 9.68. The maximum absolute atomic E-state index is 13.5. The molecule has 0 unspecified atom stereocenters. The van der Waals surface area contributed by atoms with Crippen molar-refractivity contribution in [3.05, 3.63) is 29.0 Å². The van der Waals surface area contributed by atoms with Crippen molar-refractivity contribution in [2.24, 2.45) is 0 Å². The molecule has 1 fully saturated rings. The lowest BCUT2D eigenvalue weighted by Gasteiger charge is -2.31. The molecule has 1 saturated heterocycles. The molecule has 1 aromatic rings. The first kappa shape index (κ1) is 21.9. The smallest absolute Gasteiger partial charge is 0.243 e. The number of halogens is 2. The maximum atomic E-state index is 13.5. The van der Waals surface area contributed by atoms with E-state index in [-0.39, 0.29) is 17.1 Å². The van der Waals surface area contributed by atoms with Crippen LogP contribution in [0.5, 0.6) is 0 Å². The Balaban J connectivity index is 2.11. The van der Waals surface area contributed by atoms with Crippen LogP contribution in [0.15, 0.2) is 18.2 Å². The Bertz CT molecular complexity index is 757. The Hall–Kier alpha value is -1.42. The van der Waals surface area contributed by atoms with Crippen molar-refractivity contribution in [2.75, 3.05) is 50.0 Å². The highest BCUT2D eigenvalue weighted by Crippen LogP contribution is 2.27. The van der Waals surface area contributed by atoms with Crippen molar-refractivity contribution in [1.29, 1.82) is 0 Å². The number of anilines is 1. The Morgan fingerprint density at radius 1 is 1.41 bits per heavy atom. The lowest BCUT2D eigenvalue weighted by Crippen LogP contribution is -2.50. The van der Waals surface area contributed by atoms with Gasteiger partial charge in [-0.2, -0.15) is 0 Å². The SMILES string of the molecule is CC[C@@H](C(=O)NCCN1CCOCC1)N(c1ccc(F)c(Cl)c1)S(C)(=O)=O. The molecule has 0 bridgehead atoms. The minimum atomic E-state index is -3.78. The number of hydrogen-bond acceptors (Lipinski definition) is 5. The van der Waals surface area contributed by atoms with Crippen LogP contribution in [-0.4, -0.2) is 70.9 Å². The predicted octanol–water partition coefficient (Wildman–Crippen LogP) is 1.47. The molecule has 1 heterocycles. The number of amides is 1. The highest BCUT2D eigenvalue weighted by Gasteiger charge is 2.31. The molecule has 152 valence electrons. The fourth-order valence-electron chi connectivity index (χ4n) is 2.96. The average molecular weight is 422 g/mol. The molecule has 0 saturated carbocycles. The summed E-state index contributed by atoms with van der Waals surface area (Å²) in [6.07, 6.45) is 1.26. The third-order valence-electron chi connectivity index (χ3n) is 4.32. The molecule has 7 nitrogen and oxygen atoms in total. The zero-order valence-corrected chi connectivity index (χ0v) is 17.0. The van der Waals surface area contributed by atoms with E-state index in [0.29, 0.717) is 26.3 Å². The van der Waals surface area contributed by atoms with E-state index in [1.54, 1.807) is 6.92 Å². The van der Waals surface area contributed by atoms with Crippen LogP contribution in [0.3, 0.4) is 0 Å². The van der Waals surface area contributed by atoms with E-state index in [4.69, 9.17) is 16.3 Å². The zero-order chi connectivity index (χ0) is 20.0. The van der Waals surface area contributed by atoms with Crippen molar-refractivity contribution in [1.82, 2.24) is 10.2 Å². The van der Waals surface area contributed by atoms with E-state index in [0.717, 1.165) is 29.7 Å². The first-order valence-electron chi connectivity index (χ1n) is 8.76. The Morgan fingerprint density at radius 2 is 2.07 bits per heavy atom. The maximum Gasteiger partial charge on any atom is 0.243 e. The summed E-state index contributed by atoms with van der Waals surface area (Å²) in [5.41, 5.74) is 0.152. The van der Waals surface area contributed by atoms with Gasteiger partial charge in [0.25, 0.3) is 0 Å². The van der Waals surface area contributed by atoms with Crippen LogP contribution in [-0.2, 0) is 19.6 Å². The van der Waals surface area contributed by atoms with Crippen molar-refractivity contribution >= 4 is 33.2 Å². The highest BCUT2D eigenvalue weighted by molar-refractivity contribution is 7.92. The summed E-state index contributed by atoms with van der Waals surface area (Å²) < 4.78 is 44.4. The number of nitrogens with one attached hydrogen (secondary N) is 1. The molecule has 1 aliphatic heterocycles. The molecule has 1 atom stereocenters. The first-order chi connectivity index (χ1) is 12.7. The summed E-state index contributed by atoms with van der Waals surface area (Å²) in [5, 5.41) is 2.59. The summed E-state index contributed by atoms with van der Waals surface area (Å²) in [7, 11) is -3.78. The number of benzene rings is 1. The van der Waals surface area contributed by atoms with Crippen molar-refractivity contribution < 1.29 is 22.3 Å². The van der Waals surface area contributed by atoms with Gasteiger partial charge in [-0.15, -0.1) is 0 Å². The molecule has 2 rings (SSSR count). The predicted molar refractivity (Wildman–Crippen MR) is 103 cm³/mol. The van der Waals surface area contributed by atoms with Crippen LogP contribution in [0.1, 0.15) is 13.3 Å². The highest BCUT2D eigenvalue weighted by atomic mass is 35.5. The van der Waals surface area contributed by atoms with Gasteiger partial charge < -0.3 is 10.1 Å². The second-order valence-corrected chi connectivity index (χ2v) is 8.59. The summed E-state index contributed by atoms with van der Waals surface area (Å²) >= 11 is 5.79. The van der Waals surface area contributed by atoms with Gasteiger partial charge in [-0.05, 0) is 24.6 Å². The van der Waals surface area contributed by atoms with Gasteiger partial charge >= 0.3 is 0 Å². The van der Waals surface area contributed by atoms with Crippen LogP contribution in [0, 0.1) is 5.82 Å². The average Bonchev–Trinajstić information content (AvgIpc) is 2.62. The van der Waals surface area contributed by atoms with Crippen LogP contribution < -0.4 is 9.62 Å². The molecule has 1 N–H and O–H groups in total. The Kier molecular flexibility index (Phi) is 7.84. The van der Waals surface area contributed by atoms with E-state index in [9.17, 15) is 17.6 Å². The van der Waals surface area contributed by atoms with Crippen molar-refractivity contribution in [3.63, 3.8) is 0 Å². The molecule has 0 aliphatic carbocycles. The Labute approximate surface area is 164 Å². The van der Waals surface area contributed by atoms with E-state index < -0.39 is 27.8 Å². The lowest BCUT2D eigenvalue weighted by molar-refractivity contribution is -0.122. The number of carbonyl (C=O) groups is 1. The molecular formula is C17H25ClFN3O4S. The summed E-state index contributed by atoms with van der Waals surface area (Å²) in [6.45, 7) is 5.71. The minimum Gasteiger partial charge on any atom is -0.379 e. The number of nitrogens with zero attached hydrogens (tertiary/aromatic N) is 2. The van der Waals surface area contributed by atoms with Gasteiger partial charge in [-0.1, -0.05) is 18.5 Å². The number of ether oxygens (including phenoxy) is 1. The molecule has 1 aliphatic rings. The van der Waals surface area contributed by atoms with E-state index in [1.165, 1.54) is 12.1 Å². The molecular weight excluding hydrogens is 397 g/mol. The van der Waals surface area contributed by atoms with E-state index in [2.05, 4.69) is 10.2 Å². The fraction of sp³-hybridized carbons (Fsp3) is 0.588. The minimum absolute atomic E-state index is 0.152. The standard InChI is InChI=1S/C17H25ClFN3O4S/c1-3-16(17(23)20-6-7-21-8-10-26-11-9-21)22(27(2,24)25)13-4-5-15(19)14(18)12-13/h4-5,12,16H,3,6-11H2,1-2H3,(H,20,23)/t16-/m0/s1. The number of hydrogen-bond donors (Lipinski definition) is 1. The van der Waals surface area contributed by atoms with Gasteiger partial charge in [0.05, 0.1) is 30.2 Å². The third-order valence-corrected chi connectivity index (χ3v) is 5.79. The van der Waals surface area contributed by atoms with E-state index >= 15 is 0 Å². The van der Waals surface area contributed by atoms with Gasteiger partial charge in [0.15, 0.2) is 0 Å². The number of carbonyl (C=O) groups excluding carboxylic acids is 1. The van der Waals surface area contributed by atoms with Gasteiger partial charge in [0.2, 0.25) is 15.9 Å². The summed E-state index contributed by atoms with van der Waals surface area (Å²) in [4.78, 5) is 14.8. The molecule has 0 spiro atoms. The summed E-state index contributed by atoms with van der Waals surface area (Å²) in [6, 6.07) is 2.64. The molecule has 0 radical (unpaired) electrons. The van der Waals surface area contributed by atoms with Crippen LogP contribution in [0.25, 0.3) is 0 Å². The first-order valence-corrected chi connectivity index (χ1v) is 11.0. The molecule has 10 heteroatoms. The number of sulfonamides is 1. The van der Waals surface area contributed by atoms with Gasteiger partial charge in [-0.3, -0.25) is 14.0 Å².